The molecule has 9 heteroatoms. The lowest BCUT2D eigenvalue weighted by Gasteiger charge is -2.08. The van der Waals surface area contributed by atoms with Crippen LogP contribution in [-0.4, -0.2) is 41.7 Å². The van der Waals surface area contributed by atoms with Crippen molar-refractivity contribution in [3.8, 4) is 17.1 Å². The van der Waals surface area contributed by atoms with E-state index in [0.717, 1.165) is 11.1 Å². The van der Waals surface area contributed by atoms with E-state index in [1.807, 2.05) is 37.3 Å². The zero-order valence-corrected chi connectivity index (χ0v) is 16.4. The molecule has 0 atom stereocenters. The van der Waals surface area contributed by atoms with Crippen LogP contribution in [0.5, 0.6) is 5.75 Å². The lowest BCUT2D eigenvalue weighted by Crippen LogP contribution is -2.36. The Kier molecular flexibility index (Phi) is 6.80. The van der Waals surface area contributed by atoms with Crippen molar-refractivity contribution in [2.24, 2.45) is 0 Å². The van der Waals surface area contributed by atoms with E-state index in [1.54, 1.807) is 18.2 Å². The molecule has 0 bridgehead atoms. The highest BCUT2D eigenvalue weighted by atomic mass is 35.5. The maximum atomic E-state index is 12.0. The molecule has 8 nitrogen and oxygen atoms in total. The summed E-state index contributed by atoms with van der Waals surface area (Å²) in [7, 11) is 0. The van der Waals surface area contributed by atoms with Crippen LogP contribution in [0.2, 0.25) is 5.02 Å². The van der Waals surface area contributed by atoms with Crippen molar-refractivity contribution in [3.63, 3.8) is 0 Å². The molecule has 0 spiro atoms. The number of aryl methyl sites for hydroxylation is 1. The van der Waals surface area contributed by atoms with Gasteiger partial charge in [-0.2, -0.15) is 4.98 Å². The van der Waals surface area contributed by atoms with Gasteiger partial charge in [-0.05, 0) is 30.7 Å². The summed E-state index contributed by atoms with van der Waals surface area (Å²) in [6.07, 6.45) is 0. The summed E-state index contributed by atoms with van der Waals surface area (Å²) in [6.45, 7) is 2.14. The van der Waals surface area contributed by atoms with E-state index in [1.165, 1.54) is 0 Å². The first-order valence-electron chi connectivity index (χ1n) is 8.86. The van der Waals surface area contributed by atoms with Gasteiger partial charge in [-0.15, -0.1) is 0 Å². The van der Waals surface area contributed by atoms with Gasteiger partial charge in [0.2, 0.25) is 5.82 Å². The minimum absolute atomic E-state index is 0.140. The minimum Gasteiger partial charge on any atom is -0.484 e. The molecule has 0 unspecified atom stereocenters. The number of hydrogen-bond donors (Lipinski definition) is 2. The van der Waals surface area contributed by atoms with Gasteiger partial charge in [0.15, 0.2) is 6.61 Å². The number of amides is 2. The number of carbonyl (C=O) groups is 2. The molecule has 2 amide bonds. The number of nitrogens with zero attached hydrogens (tertiary/aromatic N) is 2. The predicted molar refractivity (Wildman–Crippen MR) is 107 cm³/mol. The molecule has 150 valence electrons. The molecule has 2 aromatic carbocycles. The Balaban J connectivity index is 1.37. The molecule has 0 fully saturated rings. The lowest BCUT2D eigenvalue weighted by atomic mass is 10.2. The quantitative estimate of drug-likeness (QED) is 0.549. The van der Waals surface area contributed by atoms with Gasteiger partial charge >= 0.3 is 11.8 Å². The Labute approximate surface area is 172 Å². The molecule has 0 aliphatic heterocycles. The highest BCUT2D eigenvalue weighted by Gasteiger charge is 2.15. The summed E-state index contributed by atoms with van der Waals surface area (Å²) in [5.74, 6) is -0.0750. The fourth-order valence-corrected chi connectivity index (χ4v) is 2.50. The number of hydrogen-bond acceptors (Lipinski definition) is 6. The third kappa shape index (κ3) is 5.79. The molecule has 29 heavy (non-hydrogen) atoms. The second-order valence-electron chi connectivity index (χ2n) is 6.09. The van der Waals surface area contributed by atoms with Crippen molar-refractivity contribution in [1.29, 1.82) is 0 Å². The highest BCUT2D eigenvalue weighted by molar-refractivity contribution is 6.31. The molecule has 1 aromatic heterocycles. The molecule has 0 saturated carbocycles. The Bertz CT molecular complexity index is 991. The molecular weight excluding hydrogens is 396 g/mol. The third-order valence-corrected chi connectivity index (χ3v) is 4.31. The van der Waals surface area contributed by atoms with Gasteiger partial charge in [0.25, 0.3) is 5.91 Å². The van der Waals surface area contributed by atoms with Crippen LogP contribution in [0.15, 0.2) is 53.1 Å². The zero-order chi connectivity index (χ0) is 20.6. The predicted octanol–water partition coefficient (Wildman–Crippen LogP) is 2.62. The van der Waals surface area contributed by atoms with Gasteiger partial charge in [0.1, 0.15) is 5.75 Å². The van der Waals surface area contributed by atoms with Crippen LogP contribution < -0.4 is 15.4 Å². The maximum Gasteiger partial charge on any atom is 0.316 e. The molecular formula is C20H19ClN4O4. The van der Waals surface area contributed by atoms with Gasteiger partial charge in [-0.25, -0.2) is 0 Å². The number of carbonyl (C=O) groups excluding carboxylic acids is 2. The Hall–Kier alpha value is -3.39. The van der Waals surface area contributed by atoms with Crippen molar-refractivity contribution in [1.82, 2.24) is 20.8 Å². The van der Waals surface area contributed by atoms with E-state index in [-0.39, 0.29) is 31.5 Å². The van der Waals surface area contributed by atoms with Crippen LogP contribution in [0.3, 0.4) is 0 Å². The summed E-state index contributed by atoms with van der Waals surface area (Å²) in [5.41, 5.74) is 1.61. The summed E-state index contributed by atoms with van der Waals surface area (Å²) in [6, 6.07) is 14.3. The van der Waals surface area contributed by atoms with Crippen LogP contribution in [-0.2, 0) is 4.79 Å². The van der Waals surface area contributed by atoms with Gasteiger partial charge in [-0.1, -0.05) is 47.1 Å². The number of rotatable bonds is 8. The number of aromatic nitrogens is 2. The highest BCUT2D eigenvalue weighted by Crippen LogP contribution is 2.20. The van der Waals surface area contributed by atoms with Crippen molar-refractivity contribution < 1.29 is 18.8 Å². The monoisotopic (exact) mass is 414 g/mol. The maximum absolute atomic E-state index is 12.0. The van der Waals surface area contributed by atoms with Crippen LogP contribution in [0.25, 0.3) is 11.4 Å². The summed E-state index contributed by atoms with van der Waals surface area (Å²) < 4.78 is 10.4. The largest absolute Gasteiger partial charge is 0.484 e. The summed E-state index contributed by atoms with van der Waals surface area (Å²) in [4.78, 5) is 27.9. The first kappa shape index (κ1) is 20.3. The van der Waals surface area contributed by atoms with Crippen molar-refractivity contribution in [2.45, 2.75) is 6.92 Å². The molecule has 2 N–H and O–H groups in total. The smallest absolute Gasteiger partial charge is 0.316 e. The zero-order valence-electron chi connectivity index (χ0n) is 15.6. The average Bonchev–Trinajstić information content (AvgIpc) is 3.23. The van der Waals surface area contributed by atoms with E-state index in [0.29, 0.717) is 16.6 Å². The normalized spacial score (nSPS) is 10.4. The average molecular weight is 415 g/mol. The standard InChI is InChI=1S/C20H19ClN4O4/c1-13-11-15(7-8-16(13)21)28-12-17(26)22-9-10-23-19(27)20-24-18(25-29-20)14-5-3-2-4-6-14/h2-8,11H,9-10,12H2,1H3,(H,22,26)(H,23,27). The van der Waals surface area contributed by atoms with E-state index in [2.05, 4.69) is 20.8 Å². The molecule has 3 aromatic rings. The minimum atomic E-state index is -0.512. The van der Waals surface area contributed by atoms with E-state index < -0.39 is 5.91 Å². The molecule has 0 saturated heterocycles. The first-order valence-corrected chi connectivity index (χ1v) is 9.23. The van der Waals surface area contributed by atoms with Gasteiger partial charge in [0, 0.05) is 23.7 Å². The Morgan fingerprint density at radius 1 is 1.10 bits per heavy atom. The molecule has 0 aliphatic carbocycles. The SMILES string of the molecule is Cc1cc(OCC(=O)NCCNC(=O)c2nc(-c3ccccc3)no2)ccc1Cl. The third-order valence-electron chi connectivity index (χ3n) is 3.88. The van der Waals surface area contributed by atoms with Crippen LogP contribution in [0.4, 0.5) is 0 Å². The first-order chi connectivity index (χ1) is 14.0. The van der Waals surface area contributed by atoms with Crippen LogP contribution in [0, 0.1) is 6.92 Å². The van der Waals surface area contributed by atoms with Crippen LogP contribution in [0.1, 0.15) is 16.2 Å². The fourth-order valence-electron chi connectivity index (χ4n) is 2.38. The summed E-state index contributed by atoms with van der Waals surface area (Å²) >= 11 is 5.95. The molecule has 0 aliphatic rings. The topological polar surface area (TPSA) is 106 Å². The van der Waals surface area contributed by atoms with Crippen molar-refractivity contribution in [2.75, 3.05) is 19.7 Å². The number of ether oxygens (including phenoxy) is 1. The summed E-state index contributed by atoms with van der Waals surface area (Å²) in [5, 5.41) is 9.67. The second kappa shape index (κ2) is 9.70. The lowest BCUT2D eigenvalue weighted by molar-refractivity contribution is -0.123. The number of nitrogens with one attached hydrogen (secondary N) is 2. The van der Waals surface area contributed by atoms with E-state index in [9.17, 15) is 9.59 Å². The number of halogens is 1. The Morgan fingerprint density at radius 2 is 1.86 bits per heavy atom. The fraction of sp³-hybridized carbons (Fsp3) is 0.200. The van der Waals surface area contributed by atoms with Gasteiger partial charge < -0.3 is 19.9 Å². The Morgan fingerprint density at radius 3 is 2.62 bits per heavy atom. The van der Waals surface area contributed by atoms with Gasteiger partial charge in [-0.3, -0.25) is 9.59 Å². The van der Waals surface area contributed by atoms with E-state index >= 15 is 0 Å². The molecule has 1 heterocycles. The van der Waals surface area contributed by atoms with Crippen LogP contribution >= 0.6 is 11.6 Å². The van der Waals surface area contributed by atoms with Gasteiger partial charge in [0.05, 0.1) is 0 Å². The van der Waals surface area contributed by atoms with Crippen molar-refractivity contribution in [3.05, 3.63) is 65.0 Å². The molecule has 3 rings (SSSR count). The number of benzene rings is 2. The second-order valence-corrected chi connectivity index (χ2v) is 6.50. The van der Waals surface area contributed by atoms with Crippen molar-refractivity contribution >= 4 is 23.4 Å². The molecule has 0 radical (unpaired) electrons. The van der Waals surface area contributed by atoms with E-state index in [4.69, 9.17) is 20.9 Å².